The predicted molar refractivity (Wildman–Crippen MR) is 82.9 cm³/mol. The van der Waals surface area contributed by atoms with Gasteiger partial charge in [0.2, 0.25) is 5.91 Å². The van der Waals surface area contributed by atoms with E-state index in [1.807, 2.05) is 22.7 Å². The molecule has 2 aliphatic rings. The Morgan fingerprint density at radius 1 is 1.50 bits per heavy atom. The summed E-state index contributed by atoms with van der Waals surface area (Å²) >= 11 is 1.87. The van der Waals surface area contributed by atoms with Crippen LogP contribution in [0.1, 0.15) is 31.2 Å². The van der Waals surface area contributed by atoms with Crippen LogP contribution in [0.5, 0.6) is 0 Å². The molecule has 4 heteroatoms. The lowest BCUT2D eigenvalue weighted by atomic mass is 9.90. The van der Waals surface area contributed by atoms with Crippen LogP contribution in [-0.2, 0) is 4.79 Å². The molecule has 0 spiro atoms. The van der Waals surface area contributed by atoms with Gasteiger partial charge in [0, 0.05) is 18.0 Å². The maximum atomic E-state index is 12.8. The maximum Gasteiger partial charge on any atom is 0.230 e. The Kier molecular flexibility index (Phi) is 3.78. The Labute approximate surface area is 124 Å². The minimum Gasteiger partial charge on any atom is -0.342 e. The third-order valence-electron chi connectivity index (χ3n) is 4.62. The van der Waals surface area contributed by atoms with Crippen LogP contribution < -0.4 is 5.73 Å². The molecule has 0 aromatic heterocycles. The minimum absolute atomic E-state index is 0.0487. The van der Waals surface area contributed by atoms with Gasteiger partial charge < -0.3 is 10.6 Å². The SMILES string of the molecule is CC1(CN)CCN(C(=O)C2CCSc3ccccc32)C1. The van der Waals surface area contributed by atoms with E-state index < -0.39 is 0 Å². The van der Waals surface area contributed by atoms with Gasteiger partial charge in [0.25, 0.3) is 0 Å². The first-order chi connectivity index (χ1) is 9.63. The highest BCUT2D eigenvalue weighted by Crippen LogP contribution is 2.39. The third-order valence-corrected chi connectivity index (χ3v) is 5.74. The Bertz CT molecular complexity index is 519. The van der Waals surface area contributed by atoms with E-state index in [-0.39, 0.29) is 11.3 Å². The lowest BCUT2D eigenvalue weighted by Gasteiger charge is -2.29. The van der Waals surface area contributed by atoms with Crippen molar-refractivity contribution in [1.82, 2.24) is 4.90 Å². The average molecular weight is 290 g/mol. The van der Waals surface area contributed by atoms with Gasteiger partial charge in [-0.2, -0.15) is 0 Å². The van der Waals surface area contributed by atoms with Gasteiger partial charge in [-0.25, -0.2) is 0 Å². The van der Waals surface area contributed by atoms with Crippen molar-refractivity contribution in [1.29, 1.82) is 0 Å². The fraction of sp³-hybridized carbons (Fsp3) is 0.562. The number of amides is 1. The van der Waals surface area contributed by atoms with Crippen LogP contribution in [0.2, 0.25) is 0 Å². The van der Waals surface area contributed by atoms with Crippen LogP contribution in [-0.4, -0.2) is 36.2 Å². The zero-order chi connectivity index (χ0) is 14.2. The molecule has 1 aromatic carbocycles. The molecule has 0 aliphatic carbocycles. The van der Waals surface area contributed by atoms with Crippen LogP contribution in [0.3, 0.4) is 0 Å². The Balaban J connectivity index is 1.79. The number of benzene rings is 1. The standard InChI is InChI=1S/C16H22N2OS/c1-16(10-17)7-8-18(11-16)15(19)13-6-9-20-14-5-3-2-4-12(13)14/h2-5,13H,6-11,17H2,1H3. The molecule has 2 heterocycles. The second kappa shape index (κ2) is 5.41. The molecule has 1 saturated heterocycles. The van der Waals surface area contributed by atoms with E-state index in [1.165, 1.54) is 10.5 Å². The van der Waals surface area contributed by atoms with Crippen molar-refractivity contribution >= 4 is 17.7 Å². The maximum absolute atomic E-state index is 12.8. The monoisotopic (exact) mass is 290 g/mol. The minimum atomic E-state index is 0.0487. The van der Waals surface area contributed by atoms with E-state index in [0.717, 1.165) is 31.7 Å². The quantitative estimate of drug-likeness (QED) is 0.910. The van der Waals surface area contributed by atoms with Gasteiger partial charge in [-0.05, 0) is 42.2 Å². The molecule has 2 unspecified atom stereocenters. The summed E-state index contributed by atoms with van der Waals surface area (Å²) < 4.78 is 0. The van der Waals surface area contributed by atoms with Gasteiger partial charge >= 0.3 is 0 Å². The molecule has 3 rings (SSSR count). The number of hydrogen-bond donors (Lipinski definition) is 1. The van der Waals surface area contributed by atoms with Gasteiger partial charge in [-0.3, -0.25) is 4.79 Å². The van der Waals surface area contributed by atoms with Gasteiger partial charge in [0.05, 0.1) is 5.92 Å². The average Bonchev–Trinajstić information content (AvgIpc) is 2.89. The van der Waals surface area contributed by atoms with Crippen molar-refractivity contribution in [3.63, 3.8) is 0 Å². The molecule has 1 fully saturated rings. The number of nitrogens with two attached hydrogens (primary N) is 1. The third kappa shape index (κ3) is 2.47. The zero-order valence-electron chi connectivity index (χ0n) is 12.0. The Morgan fingerprint density at radius 3 is 3.05 bits per heavy atom. The highest BCUT2D eigenvalue weighted by molar-refractivity contribution is 7.99. The van der Waals surface area contributed by atoms with E-state index in [2.05, 4.69) is 25.1 Å². The molecule has 1 aromatic rings. The Morgan fingerprint density at radius 2 is 2.30 bits per heavy atom. The molecular formula is C16H22N2OS. The summed E-state index contributed by atoms with van der Waals surface area (Å²) in [6.45, 7) is 4.52. The van der Waals surface area contributed by atoms with Crippen molar-refractivity contribution in [2.75, 3.05) is 25.4 Å². The first kappa shape index (κ1) is 14.0. The topological polar surface area (TPSA) is 46.3 Å². The van der Waals surface area contributed by atoms with Gasteiger partial charge in [-0.15, -0.1) is 11.8 Å². The molecule has 0 bridgehead atoms. The van der Waals surface area contributed by atoms with Crippen LogP contribution in [0.15, 0.2) is 29.2 Å². The molecule has 2 atom stereocenters. The smallest absolute Gasteiger partial charge is 0.230 e. The number of thioether (sulfide) groups is 1. The molecule has 20 heavy (non-hydrogen) atoms. The second-order valence-corrected chi connectivity index (χ2v) is 7.39. The van der Waals surface area contributed by atoms with Crippen molar-refractivity contribution in [3.05, 3.63) is 29.8 Å². The molecule has 0 radical (unpaired) electrons. The number of nitrogens with zero attached hydrogens (tertiary/aromatic N) is 1. The van der Waals surface area contributed by atoms with Crippen molar-refractivity contribution in [2.24, 2.45) is 11.1 Å². The molecule has 2 aliphatic heterocycles. The highest BCUT2D eigenvalue weighted by atomic mass is 32.2. The van der Waals surface area contributed by atoms with E-state index in [9.17, 15) is 4.79 Å². The second-order valence-electron chi connectivity index (χ2n) is 6.25. The lowest BCUT2D eigenvalue weighted by Crippen LogP contribution is -2.37. The van der Waals surface area contributed by atoms with Crippen molar-refractivity contribution < 1.29 is 4.79 Å². The van der Waals surface area contributed by atoms with E-state index in [0.29, 0.717) is 12.5 Å². The first-order valence-corrected chi connectivity index (χ1v) is 8.32. The summed E-state index contributed by atoms with van der Waals surface area (Å²) in [6, 6.07) is 8.34. The number of rotatable bonds is 2. The number of hydrogen-bond acceptors (Lipinski definition) is 3. The fourth-order valence-electron chi connectivity index (χ4n) is 3.20. The van der Waals surface area contributed by atoms with E-state index >= 15 is 0 Å². The van der Waals surface area contributed by atoms with Crippen LogP contribution in [0, 0.1) is 5.41 Å². The molecule has 0 saturated carbocycles. The first-order valence-electron chi connectivity index (χ1n) is 7.33. The van der Waals surface area contributed by atoms with Gasteiger partial charge in [0.1, 0.15) is 0 Å². The summed E-state index contributed by atoms with van der Waals surface area (Å²) in [5.74, 6) is 1.39. The summed E-state index contributed by atoms with van der Waals surface area (Å²) in [7, 11) is 0. The number of fused-ring (bicyclic) bond motifs is 1. The summed E-state index contributed by atoms with van der Waals surface area (Å²) in [4.78, 5) is 16.2. The molecule has 3 nitrogen and oxygen atoms in total. The van der Waals surface area contributed by atoms with Crippen molar-refractivity contribution in [2.45, 2.75) is 30.6 Å². The van der Waals surface area contributed by atoms with Gasteiger partial charge in [0.15, 0.2) is 0 Å². The van der Waals surface area contributed by atoms with Crippen molar-refractivity contribution in [3.8, 4) is 0 Å². The molecular weight excluding hydrogens is 268 g/mol. The predicted octanol–water partition coefficient (Wildman–Crippen LogP) is 2.46. The number of carbonyl (C=O) groups excluding carboxylic acids is 1. The molecule has 1 amide bonds. The molecule has 2 N–H and O–H groups in total. The van der Waals surface area contributed by atoms with E-state index in [1.54, 1.807) is 0 Å². The normalized spacial score (nSPS) is 29.3. The Hall–Kier alpha value is -1.00. The summed E-state index contributed by atoms with van der Waals surface area (Å²) in [6.07, 6.45) is 1.98. The largest absolute Gasteiger partial charge is 0.342 e. The van der Waals surface area contributed by atoms with Crippen LogP contribution in [0.25, 0.3) is 0 Å². The van der Waals surface area contributed by atoms with Crippen LogP contribution >= 0.6 is 11.8 Å². The van der Waals surface area contributed by atoms with Gasteiger partial charge in [-0.1, -0.05) is 25.1 Å². The number of carbonyl (C=O) groups is 1. The molecule has 108 valence electrons. The zero-order valence-corrected chi connectivity index (χ0v) is 12.8. The summed E-state index contributed by atoms with van der Waals surface area (Å²) in [5.41, 5.74) is 7.17. The highest BCUT2D eigenvalue weighted by Gasteiger charge is 2.38. The van der Waals surface area contributed by atoms with E-state index in [4.69, 9.17) is 5.73 Å². The van der Waals surface area contributed by atoms with Crippen LogP contribution in [0.4, 0.5) is 0 Å². The fourth-order valence-corrected chi connectivity index (χ4v) is 4.32. The summed E-state index contributed by atoms with van der Waals surface area (Å²) in [5, 5.41) is 0. The lowest BCUT2D eigenvalue weighted by molar-refractivity contribution is -0.132. The number of likely N-dealkylation sites (tertiary alicyclic amines) is 1.